The van der Waals surface area contributed by atoms with Gasteiger partial charge in [-0.1, -0.05) is 24.9 Å². The topological polar surface area (TPSA) is 94.8 Å². The van der Waals surface area contributed by atoms with Gasteiger partial charge in [0.25, 0.3) is 0 Å². The van der Waals surface area contributed by atoms with E-state index in [9.17, 15) is 14.4 Å². The summed E-state index contributed by atoms with van der Waals surface area (Å²) >= 11 is 6.28. The molecule has 0 radical (unpaired) electrons. The molecule has 158 valence electrons. The lowest BCUT2D eigenvalue weighted by Crippen LogP contribution is -2.45. The lowest BCUT2D eigenvalue weighted by Gasteiger charge is -2.22. The molecule has 2 rings (SSSR count). The van der Waals surface area contributed by atoms with Gasteiger partial charge in [-0.2, -0.15) is 0 Å². The molecule has 1 atom stereocenters. The number of rotatable bonds is 5. The molecule has 0 bridgehead atoms. The summed E-state index contributed by atoms with van der Waals surface area (Å²) in [6.07, 6.45) is 0.278. The molecule has 0 aliphatic carbocycles. The van der Waals surface area contributed by atoms with Crippen molar-refractivity contribution in [1.82, 2.24) is 5.32 Å². The molecule has 1 N–H and O–H groups in total. The maximum absolute atomic E-state index is 12.6. The highest BCUT2D eigenvalue weighted by Gasteiger charge is 2.26. The number of fused-ring (bicyclic) bond motifs is 1. The maximum Gasteiger partial charge on any atom is 0.408 e. The smallest absolute Gasteiger partial charge is 0.408 e. The molecular formula is C21H26ClNO6. The van der Waals surface area contributed by atoms with Crippen LogP contribution in [0.3, 0.4) is 0 Å². The van der Waals surface area contributed by atoms with Crippen LogP contribution in [0, 0.1) is 13.8 Å². The first-order valence-electron chi connectivity index (χ1n) is 9.37. The summed E-state index contributed by atoms with van der Waals surface area (Å²) in [5.74, 6) is -0.646. The molecule has 1 amide bonds. The standard InChI is InChI=1S/C21H26ClNO6/c1-7-8-15(23-20(26)29-21(4,5)6)19(25)28-17-10-16-13(9-14(17)22)11(2)12(3)18(24)27-16/h9-10,15H,7-8H2,1-6H3,(H,23,26)/t15-/m0/s1. The van der Waals surface area contributed by atoms with E-state index in [-0.39, 0.29) is 16.4 Å². The number of carbonyl (C=O) groups excluding carboxylic acids is 2. The minimum Gasteiger partial charge on any atom is -0.444 e. The number of benzene rings is 1. The summed E-state index contributed by atoms with van der Waals surface area (Å²) < 4.78 is 15.9. The molecule has 0 saturated carbocycles. The van der Waals surface area contributed by atoms with Gasteiger partial charge in [0.15, 0.2) is 5.75 Å². The number of aryl methyl sites for hydroxylation is 1. The number of hydrogen-bond donors (Lipinski definition) is 1. The highest BCUT2D eigenvalue weighted by atomic mass is 35.5. The predicted octanol–water partition coefficient (Wildman–Crippen LogP) is 4.66. The van der Waals surface area contributed by atoms with Crippen LogP contribution in [-0.2, 0) is 9.53 Å². The van der Waals surface area contributed by atoms with Gasteiger partial charge in [-0.05, 0) is 52.7 Å². The average Bonchev–Trinajstić information content (AvgIpc) is 2.59. The van der Waals surface area contributed by atoms with Gasteiger partial charge in [-0.15, -0.1) is 0 Å². The highest BCUT2D eigenvalue weighted by molar-refractivity contribution is 6.33. The Kier molecular flexibility index (Phi) is 6.95. The number of hydrogen-bond acceptors (Lipinski definition) is 6. The quantitative estimate of drug-likeness (QED) is 0.427. The third-order valence-electron chi connectivity index (χ3n) is 4.27. The molecule has 0 spiro atoms. The largest absolute Gasteiger partial charge is 0.444 e. The van der Waals surface area contributed by atoms with Crippen LogP contribution < -0.4 is 15.7 Å². The Morgan fingerprint density at radius 1 is 1.21 bits per heavy atom. The van der Waals surface area contributed by atoms with E-state index in [4.69, 9.17) is 25.5 Å². The van der Waals surface area contributed by atoms with E-state index in [1.165, 1.54) is 6.07 Å². The van der Waals surface area contributed by atoms with Crippen molar-refractivity contribution in [3.05, 3.63) is 38.7 Å². The van der Waals surface area contributed by atoms with E-state index in [0.717, 1.165) is 5.56 Å². The van der Waals surface area contributed by atoms with Crippen LogP contribution in [0.4, 0.5) is 4.79 Å². The monoisotopic (exact) mass is 423 g/mol. The lowest BCUT2D eigenvalue weighted by molar-refractivity contribution is -0.137. The molecule has 0 fully saturated rings. The van der Waals surface area contributed by atoms with Crippen LogP contribution in [0.2, 0.25) is 5.02 Å². The summed E-state index contributed by atoms with van der Waals surface area (Å²) in [5.41, 5.74) is 0.330. The second-order valence-corrected chi connectivity index (χ2v) is 8.23. The first-order valence-corrected chi connectivity index (χ1v) is 9.75. The van der Waals surface area contributed by atoms with E-state index < -0.39 is 29.3 Å². The maximum atomic E-state index is 12.6. The van der Waals surface area contributed by atoms with Crippen molar-refractivity contribution in [2.45, 2.75) is 66.0 Å². The van der Waals surface area contributed by atoms with Crippen LogP contribution in [0.15, 0.2) is 21.3 Å². The van der Waals surface area contributed by atoms with Gasteiger partial charge < -0.3 is 19.2 Å². The second kappa shape index (κ2) is 8.86. The van der Waals surface area contributed by atoms with E-state index >= 15 is 0 Å². The van der Waals surface area contributed by atoms with Gasteiger partial charge in [-0.25, -0.2) is 14.4 Å². The molecule has 1 heterocycles. The zero-order valence-electron chi connectivity index (χ0n) is 17.5. The Hall–Kier alpha value is -2.54. The molecule has 0 unspecified atom stereocenters. The number of alkyl carbamates (subject to hydrolysis) is 1. The van der Waals surface area contributed by atoms with Gasteiger partial charge in [0.1, 0.15) is 17.2 Å². The Morgan fingerprint density at radius 2 is 1.86 bits per heavy atom. The molecule has 7 nitrogen and oxygen atoms in total. The van der Waals surface area contributed by atoms with Gasteiger partial charge in [0.2, 0.25) is 0 Å². The molecule has 0 aliphatic heterocycles. The van der Waals surface area contributed by atoms with Crippen molar-refractivity contribution in [3.63, 3.8) is 0 Å². The molecule has 0 aliphatic rings. The average molecular weight is 424 g/mol. The van der Waals surface area contributed by atoms with Crippen molar-refractivity contribution in [2.24, 2.45) is 0 Å². The van der Waals surface area contributed by atoms with Gasteiger partial charge in [-0.3, -0.25) is 0 Å². The Bertz CT molecular complexity index is 989. The van der Waals surface area contributed by atoms with Crippen LogP contribution >= 0.6 is 11.6 Å². The molecule has 29 heavy (non-hydrogen) atoms. The number of ether oxygens (including phenoxy) is 2. The molecule has 2 aromatic rings. The third kappa shape index (κ3) is 5.73. The molecule has 0 saturated heterocycles. The van der Waals surface area contributed by atoms with Crippen LogP contribution in [-0.4, -0.2) is 23.7 Å². The zero-order chi connectivity index (χ0) is 21.9. The third-order valence-corrected chi connectivity index (χ3v) is 4.57. The van der Waals surface area contributed by atoms with Crippen molar-refractivity contribution < 1.29 is 23.5 Å². The van der Waals surface area contributed by atoms with Crippen molar-refractivity contribution >= 4 is 34.6 Å². The molecule has 1 aromatic carbocycles. The zero-order valence-corrected chi connectivity index (χ0v) is 18.2. The minimum atomic E-state index is -0.909. The SMILES string of the molecule is CCC[C@H](NC(=O)OC(C)(C)C)C(=O)Oc1cc2oc(=O)c(C)c(C)c2cc1Cl. The number of nitrogens with one attached hydrogen (secondary N) is 1. The number of amides is 1. The van der Waals surface area contributed by atoms with Gasteiger partial charge >= 0.3 is 17.7 Å². The Labute approximate surface area is 174 Å². The van der Waals surface area contributed by atoms with Crippen LogP contribution in [0.1, 0.15) is 51.7 Å². The first kappa shape index (κ1) is 22.7. The van der Waals surface area contributed by atoms with E-state index in [0.29, 0.717) is 23.8 Å². The van der Waals surface area contributed by atoms with Crippen molar-refractivity contribution in [1.29, 1.82) is 0 Å². The summed E-state index contributed by atoms with van der Waals surface area (Å²) in [4.78, 5) is 36.6. The normalized spacial score (nSPS) is 12.5. The Morgan fingerprint density at radius 3 is 2.45 bits per heavy atom. The minimum absolute atomic E-state index is 0.0441. The highest BCUT2D eigenvalue weighted by Crippen LogP contribution is 2.32. The summed E-state index contributed by atoms with van der Waals surface area (Å²) in [5, 5.41) is 3.37. The number of halogens is 1. The molecule has 1 aromatic heterocycles. The lowest BCUT2D eigenvalue weighted by atomic mass is 10.1. The van der Waals surface area contributed by atoms with Gasteiger partial charge in [0, 0.05) is 17.0 Å². The molecular weight excluding hydrogens is 398 g/mol. The second-order valence-electron chi connectivity index (χ2n) is 7.83. The summed E-state index contributed by atoms with van der Waals surface area (Å²) in [6.45, 7) is 10.5. The molecule has 8 heteroatoms. The fourth-order valence-corrected chi connectivity index (χ4v) is 2.89. The van der Waals surface area contributed by atoms with Crippen LogP contribution in [0.25, 0.3) is 11.0 Å². The summed E-state index contributed by atoms with van der Waals surface area (Å²) in [7, 11) is 0. The van der Waals surface area contributed by atoms with Crippen molar-refractivity contribution in [3.8, 4) is 5.75 Å². The number of esters is 1. The predicted molar refractivity (Wildman–Crippen MR) is 111 cm³/mol. The van der Waals surface area contributed by atoms with Crippen molar-refractivity contribution in [2.75, 3.05) is 0 Å². The fourth-order valence-electron chi connectivity index (χ4n) is 2.69. The summed E-state index contributed by atoms with van der Waals surface area (Å²) in [6, 6.07) is 2.08. The van der Waals surface area contributed by atoms with Crippen LogP contribution in [0.5, 0.6) is 5.75 Å². The number of carbonyl (C=O) groups is 2. The van der Waals surface area contributed by atoms with E-state index in [1.54, 1.807) is 40.7 Å². The van der Waals surface area contributed by atoms with E-state index in [1.807, 2.05) is 6.92 Å². The fraction of sp³-hybridized carbons (Fsp3) is 0.476. The van der Waals surface area contributed by atoms with E-state index in [2.05, 4.69) is 5.32 Å². The van der Waals surface area contributed by atoms with Gasteiger partial charge in [0.05, 0.1) is 5.02 Å². The Balaban J connectivity index is 2.28. The first-order chi connectivity index (χ1) is 13.4.